The van der Waals surface area contributed by atoms with Crippen LogP contribution in [0.3, 0.4) is 0 Å². The first-order valence-corrected chi connectivity index (χ1v) is 9.48. The van der Waals surface area contributed by atoms with Crippen LogP contribution in [0.15, 0.2) is 12.3 Å². The van der Waals surface area contributed by atoms with E-state index in [1.807, 2.05) is 45.6 Å². The van der Waals surface area contributed by atoms with Crippen LogP contribution in [0, 0.1) is 0 Å². The third kappa shape index (κ3) is 10.4. The Kier molecular flexibility index (Phi) is 12.1. The average Bonchev–Trinajstić information content (AvgIpc) is 2.40. The lowest BCUT2D eigenvalue weighted by atomic mass is 10.2. The zero-order chi connectivity index (χ0) is 16.1. The van der Waals surface area contributed by atoms with Gasteiger partial charge in [-0.15, -0.1) is 0 Å². The summed E-state index contributed by atoms with van der Waals surface area (Å²) in [6.45, 7) is 12.1. The van der Waals surface area contributed by atoms with Gasteiger partial charge in [0.25, 0.3) is 0 Å². The smallest absolute Gasteiger partial charge is 0.317 e. The van der Waals surface area contributed by atoms with Gasteiger partial charge >= 0.3 is 6.03 Å². The molecule has 0 heterocycles. The van der Waals surface area contributed by atoms with Crippen LogP contribution in [0.5, 0.6) is 0 Å². The monoisotopic (exact) mass is 316 g/mol. The van der Waals surface area contributed by atoms with E-state index in [1.165, 1.54) is 0 Å². The molecule has 0 aliphatic carbocycles. The number of rotatable bonds is 11. The van der Waals surface area contributed by atoms with Crippen LogP contribution in [0.2, 0.25) is 6.04 Å². The Labute approximate surface area is 132 Å². The zero-order valence-electron chi connectivity index (χ0n) is 14.2. The molecule has 0 fully saturated rings. The van der Waals surface area contributed by atoms with Gasteiger partial charge in [0.1, 0.15) is 0 Å². The van der Waals surface area contributed by atoms with E-state index in [0.717, 1.165) is 19.0 Å². The number of carbonyl (C=O) groups is 1. The second-order valence-corrected chi connectivity index (χ2v) is 6.96. The third-order valence-corrected chi connectivity index (χ3v) is 4.23. The molecule has 6 heteroatoms. The Morgan fingerprint density at radius 3 is 2.52 bits per heavy atom. The Balaban J connectivity index is 3.60. The largest absolute Gasteiger partial charge is 0.502 e. The topological polar surface area (TPSA) is 50.8 Å². The summed E-state index contributed by atoms with van der Waals surface area (Å²) in [5, 5.41) is 2.98. The van der Waals surface area contributed by atoms with Crippen molar-refractivity contribution in [3.63, 3.8) is 0 Å². The van der Waals surface area contributed by atoms with Gasteiger partial charge in [-0.2, -0.15) is 0 Å². The third-order valence-electron chi connectivity index (χ3n) is 2.91. The number of nitrogens with zero attached hydrogens (tertiary/aromatic N) is 1. The van der Waals surface area contributed by atoms with Crippen molar-refractivity contribution in [2.45, 2.75) is 59.2 Å². The molecule has 5 nitrogen and oxygen atoms in total. The molecule has 21 heavy (non-hydrogen) atoms. The van der Waals surface area contributed by atoms with Crippen LogP contribution in [-0.4, -0.2) is 52.5 Å². The van der Waals surface area contributed by atoms with Gasteiger partial charge in [0.2, 0.25) is 0 Å². The summed E-state index contributed by atoms with van der Waals surface area (Å²) in [6.07, 6.45) is 4.56. The molecular formula is C15H32N2O3Si. The van der Waals surface area contributed by atoms with E-state index < -0.39 is 9.76 Å². The first-order valence-electron chi connectivity index (χ1n) is 7.91. The molecule has 2 amide bonds. The highest BCUT2D eigenvalue weighted by atomic mass is 28.2. The molecule has 0 aromatic rings. The molecule has 0 aromatic carbocycles. The van der Waals surface area contributed by atoms with E-state index in [0.29, 0.717) is 13.2 Å². The van der Waals surface area contributed by atoms with Crippen LogP contribution >= 0.6 is 0 Å². The van der Waals surface area contributed by atoms with Gasteiger partial charge in [-0.3, -0.25) is 0 Å². The fraction of sp³-hybridized carbons (Fsp3) is 0.800. The first kappa shape index (κ1) is 20.0. The van der Waals surface area contributed by atoms with Gasteiger partial charge in [0.15, 0.2) is 9.76 Å². The summed E-state index contributed by atoms with van der Waals surface area (Å²) in [7, 11) is -0.490. The lowest BCUT2D eigenvalue weighted by Crippen LogP contribution is -2.47. The van der Waals surface area contributed by atoms with Crippen molar-refractivity contribution >= 4 is 15.8 Å². The SMILES string of the molecule is CCOC=CCO[SiH2]CCCNC(=O)N(C(C)C)C(C)C. The van der Waals surface area contributed by atoms with Gasteiger partial charge in [-0.05, 0) is 53.2 Å². The molecule has 0 spiro atoms. The van der Waals surface area contributed by atoms with Crippen molar-refractivity contribution in [2.75, 3.05) is 19.8 Å². The summed E-state index contributed by atoms with van der Waals surface area (Å²) in [5.41, 5.74) is 0. The maximum absolute atomic E-state index is 12.0. The molecule has 0 rings (SSSR count). The Morgan fingerprint density at radius 1 is 1.29 bits per heavy atom. The molecule has 0 aromatic heterocycles. The normalized spacial score (nSPS) is 12.0. The van der Waals surface area contributed by atoms with E-state index in [9.17, 15) is 4.79 Å². The Hall–Kier alpha value is -1.01. The quantitative estimate of drug-likeness (QED) is 0.361. The minimum atomic E-state index is -0.490. The highest BCUT2D eigenvalue weighted by Gasteiger charge is 2.18. The maximum Gasteiger partial charge on any atom is 0.317 e. The average molecular weight is 317 g/mol. The summed E-state index contributed by atoms with van der Waals surface area (Å²) >= 11 is 0. The van der Waals surface area contributed by atoms with E-state index in [4.69, 9.17) is 9.16 Å². The van der Waals surface area contributed by atoms with Crippen molar-refractivity contribution < 1.29 is 14.0 Å². The van der Waals surface area contributed by atoms with Crippen LogP contribution in [-0.2, 0) is 9.16 Å². The zero-order valence-corrected chi connectivity index (χ0v) is 15.6. The fourth-order valence-electron chi connectivity index (χ4n) is 2.04. The summed E-state index contributed by atoms with van der Waals surface area (Å²) < 4.78 is 10.6. The summed E-state index contributed by atoms with van der Waals surface area (Å²) in [5.74, 6) is 0. The highest BCUT2D eigenvalue weighted by molar-refractivity contribution is 6.27. The standard InChI is InChI=1S/C15H32N2O3Si/c1-6-19-10-8-11-20-21-12-7-9-16-15(18)17(13(2)3)14(4)5/h8,10,13-14H,6-7,9,11-12,21H2,1-5H3,(H,16,18). The van der Waals surface area contributed by atoms with E-state index in [2.05, 4.69) is 5.32 Å². The number of carbonyl (C=O) groups excluding carboxylic acids is 1. The van der Waals surface area contributed by atoms with E-state index in [-0.39, 0.29) is 18.1 Å². The fourth-order valence-corrected chi connectivity index (χ4v) is 3.00. The lowest BCUT2D eigenvalue weighted by molar-refractivity contribution is 0.165. The molecule has 0 saturated carbocycles. The van der Waals surface area contributed by atoms with Crippen LogP contribution in [0.4, 0.5) is 4.79 Å². The van der Waals surface area contributed by atoms with Gasteiger partial charge in [0, 0.05) is 18.6 Å². The van der Waals surface area contributed by atoms with Crippen molar-refractivity contribution in [1.29, 1.82) is 0 Å². The highest BCUT2D eigenvalue weighted by Crippen LogP contribution is 2.05. The number of urea groups is 1. The number of hydrogen-bond acceptors (Lipinski definition) is 3. The summed E-state index contributed by atoms with van der Waals surface area (Å²) in [4.78, 5) is 13.9. The number of hydrogen-bond donors (Lipinski definition) is 1. The molecule has 124 valence electrons. The van der Waals surface area contributed by atoms with Crippen molar-refractivity contribution in [3.8, 4) is 0 Å². The second-order valence-electron chi connectivity index (χ2n) is 5.44. The molecule has 0 bridgehead atoms. The van der Waals surface area contributed by atoms with E-state index >= 15 is 0 Å². The van der Waals surface area contributed by atoms with Gasteiger partial charge in [-0.25, -0.2) is 4.79 Å². The second kappa shape index (κ2) is 12.7. The number of amides is 2. The lowest BCUT2D eigenvalue weighted by Gasteiger charge is -2.30. The number of ether oxygens (including phenoxy) is 1. The summed E-state index contributed by atoms with van der Waals surface area (Å²) in [6, 6.07) is 1.55. The van der Waals surface area contributed by atoms with Crippen LogP contribution in [0.1, 0.15) is 41.0 Å². The Morgan fingerprint density at radius 2 is 1.95 bits per heavy atom. The van der Waals surface area contributed by atoms with Crippen molar-refractivity contribution in [1.82, 2.24) is 10.2 Å². The van der Waals surface area contributed by atoms with Gasteiger partial charge in [-0.1, -0.05) is 0 Å². The maximum atomic E-state index is 12.0. The molecule has 0 unspecified atom stereocenters. The molecule has 1 N–H and O–H groups in total. The van der Waals surface area contributed by atoms with Gasteiger partial charge < -0.3 is 19.4 Å². The van der Waals surface area contributed by atoms with E-state index in [1.54, 1.807) is 6.26 Å². The van der Waals surface area contributed by atoms with Crippen molar-refractivity contribution in [3.05, 3.63) is 12.3 Å². The Bertz CT molecular complexity index is 289. The van der Waals surface area contributed by atoms with Gasteiger partial charge in [0.05, 0.1) is 19.5 Å². The predicted molar refractivity (Wildman–Crippen MR) is 90.2 cm³/mol. The molecule has 0 aliphatic rings. The van der Waals surface area contributed by atoms with Crippen molar-refractivity contribution in [2.24, 2.45) is 0 Å². The van der Waals surface area contributed by atoms with Crippen LogP contribution < -0.4 is 5.32 Å². The molecule has 0 radical (unpaired) electrons. The first-order chi connectivity index (χ1) is 10.0. The predicted octanol–water partition coefficient (Wildman–Crippen LogP) is 2.27. The van der Waals surface area contributed by atoms with Crippen LogP contribution in [0.25, 0.3) is 0 Å². The molecule has 0 atom stereocenters. The minimum Gasteiger partial charge on any atom is -0.502 e. The number of nitrogens with one attached hydrogen (secondary N) is 1. The molecule has 0 aliphatic heterocycles. The molecular weight excluding hydrogens is 284 g/mol. The molecule has 0 saturated heterocycles. The minimum absolute atomic E-state index is 0.0298.